The zero-order valence-electron chi connectivity index (χ0n) is 24.2. The molecule has 0 N–H and O–H groups in total. The molecule has 1 fully saturated rings. The van der Waals surface area contributed by atoms with Crippen LogP contribution < -0.4 is 10.4 Å². The minimum atomic E-state index is -0.774. The van der Waals surface area contributed by atoms with Gasteiger partial charge in [-0.3, -0.25) is 23.6 Å². The number of piperidine rings is 1. The smallest absolute Gasteiger partial charge is 0.410 e. The number of rotatable bonds is 5. The first kappa shape index (κ1) is 28.2. The van der Waals surface area contributed by atoms with E-state index < -0.39 is 11.6 Å². The van der Waals surface area contributed by atoms with Crippen LogP contribution in [0, 0.1) is 0 Å². The number of carbonyl (C=O) groups is 3. The van der Waals surface area contributed by atoms with E-state index in [1.54, 1.807) is 35.8 Å². The van der Waals surface area contributed by atoms with E-state index in [0.717, 1.165) is 16.7 Å². The number of carbonyl (C=O) groups excluding carboxylic acids is 3. The number of methoxy groups -OCH3 is 1. The number of hydrogen-bond acceptors (Lipinski definition) is 6. The maximum Gasteiger partial charge on any atom is 0.410 e. The molecule has 0 bridgehead atoms. The average molecular weight is 561 g/mol. The van der Waals surface area contributed by atoms with Crippen LogP contribution in [0.1, 0.15) is 57.2 Å². The molecule has 3 amide bonds. The molecule has 1 atom stereocenters. The van der Waals surface area contributed by atoms with Crippen molar-refractivity contribution in [1.29, 1.82) is 0 Å². The molecule has 0 aliphatic carbocycles. The molecule has 1 unspecified atom stereocenters. The van der Waals surface area contributed by atoms with Gasteiger partial charge in [0.2, 0.25) is 5.91 Å². The Kier molecular flexibility index (Phi) is 7.50. The number of nitrogens with zero attached hydrogens (tertiary/aromatic N) is 4. The highest BCUT2D eigenvalue weighted by atomic mass is 16.6. The summed E-state index contributed by atoms with van der Waals surface area (Å²) in [7, 11) is 3.27. The van der Waals surface area contributed by atoms with Crippen LogP contribution in [0.2, 0.25) is 0 Å². The number of imide groups is 1. The number of fused-ring (bicyclic) bond motifs is 1. The highest BCUT2D eigenvalue weighted by Gasteiger charge is 2.37. The lowest BCUT2D eigenvalue weighted by Gasteiger charge is -2.31. The van der Waals surface area contributed by atoms with Gasteiger partial charge in [0.05, 0.1) is 24.7 Å². The van der Waals surface area contributed by atoms with Gasteiger partial charge < -0.3 is 14.4 Å². The van der Waals surface area contributed by atoms with Crippen molar-refractivity contribution in [3.63, 3.8) is 0 Å². The Morgan fingerprint density at radius 2 is 1.73 bits per heavy atom. The van der Waals surface area contributed by atoms with Crippen molar-refractivity contribution in [3.05, 3.63) is 70.2 Å². The summed E-state index contributed by atoms with van der Waals surface area (Å²) < 4.78 is 13.8. The van der Waals surface area contributed by atoms with Gasteiger partial charge in [-0.25, -0.2) is 9.59 Å². The summed E-state index contributed by atoms with van der Waals surface area (Å²) in [6, 6.07) is 12.2. The van der Waals surface area contributed by atoms with E-state index in [0.29, 0.717) is 36.3 Å². The van der Waals surface area contributed by atoms with Crippen LogP contribution in [0.25, 0.3) is 16.6 Å². The number of aryl methyl sites for hydroxylation is 1. The summed E-state index contributed by atoms with van der Waals surface area (Å²) >= 11 is 0. The first-order valence-electron chi connectivity index (χ1n) is 13.8. The predicted molar refractivity (Wildman–Crippen MR) is 154 cm³/mol. The second kappa shape index (κ2) is 10.9. The summed E-state index contributed by atoms with van der Waals surface area (Å²) in [6.45, 7) is 6.65. The second-order valence-electron chi connectivity index (χ2n) is 11.5. The molecule has 1 saturated heterocycles. The fourth-order valence-corrected chi connectivity index (χ4v) is 5.43. The monoisotopic (exact) mass is 560 g/mol. The van der Waals surface area contributed by atoms with E-state index in [4.69, 9.17) is 9.47 Å². The van der Waals surface area contributed by atoms with E-state index in [1.165, 1.54) is 9.47 Å². The number of benzene rings is 2. The van der Waals surface area contributed by atoms with Crippen molar-refractivity contribution in [3.8, 4) is 5.75 Å². The van der Waals surface area contributed by atoms with Gasteiger partial charge in [-0.05, 0) is 74.6 Å². The van der Waals surface area contributed by atoms with Crippen LogP contribution in [0.3, 0.4) is 0 Å². The maximum atomic E-state index is 13.6. The second-order valence-corrected chi connectivity index (χ2v) is 11.5. The van der Waals surface area contributed by atoms with Gasteiger partial charge in [-0.1, -0.05) is 24.3 Å². The number of ether oxygens (including phenoxy) is 2. The van der Waals surface area contributed by atoms with Crippen LogP contribution >= 0.6 is 0 Å². The normalized spacial score (nSPS) is 18.1. The fourth-order valence-electron chi connectivity index (χ4n) is 5.43. The number of hydrogen-bond donors (Lipinski definition) is 0. The van der Waals surface area contributed by atoms with Gasteiger partial charge in [-0.2, -0.15) is 0 Å². The highest BCUT2D eigenvalue weighted by molar-refractivity contribution is 6.00. The van der Waals surface area contributed by atoms with E-state index >= 15 is 0 Å². The maximum absolute atomic E-state index is 13.6. The third-order valence-electron chi connectivity index (χ3n) is 7.62. The Morgan fingerprint density at radius 3 is 2.37 bits per heavy atom. The van der Waals surface area contributed by atoms with Gasteiger partial charge in [0.25, 0.3) is 5.91 Å². The molecule has 10 nitrogen and oxygen atoms in total. The SMILES string of the molecule is COc1ccc(CN2C(=O)CCC(n3c(=O)n(C)c4cc(C5=CCN(C(=O)OC(C)(C)C)CC5)ccc43)C2=O)cc1. The topological polar surface area (TPSA) is 103 Å². The summed E-state index contributed by atoms with van der Waals surface area (Å²) in [5, 5.41) is 0. The van der Waals surface area contributed by atoms with Gasteiger partial charge in [0.1, 0.15) is 17.4 Å². The van der Waals surface area contributed by atoms with Crippen molar-refractivity contribution >= 4 is 34.5 Å². The van der Waals surface area contributed by atoms with Gasteiger partial charge in [-0.15, -0.1) is 0 Å². The first-order valence-corrected chi connectivity index (χ1v) is 13.8. The Bertz CT molecular complexity index is 1590. The third-order valence-corrected chi connectivity index (χ3v) is 7.62. The summed E-state index contributed by atoms with van der Waals surface area (Å²) in [4.78, 5) is 55.2. The lowest BCUT2D eigenvalue weighted by molar-refractivity contribution is -0.151. The molecule has 216 valence electrons. The largest absolute Gasteiger partial charge is 0.497 e. The summed E-state index contributed by atoms with van der Waals surface area (Å²) in [5.74, 6) is 0.0595. The Balaban J connectivity index is 1.39. The quantitative estimate of drug-likeness (QED) is 0.432. The van der Waals surface area contributed by atoms with E-state index in [2.05, 4.69) is 0 Å². The van der Waals surface area contributed by atoms with Gasteiger partial charge in [0.15, 0.2) is 0 Å². The molecule has 0 saturated carbocycles. The molecule has 1 aromatic heterocycles. The summed E-state index contributed by atoms with van der Waals surface area (Å²) in [5.41, 5.74) is 3.33. The average Bonchev–Trinajstić information content (AvgIpc) is 3.19. The van der Waals surface area contributed by atoms with Crippen LogP contribution in [-0.4, -0.2) is 62.6 Å². The predicted octanol–water partition coefficient (Wildman–Crippen LogP) is 4.26. The highest BCUT2D eigenvalue weighted by Crippen LogP contribution is 2.31. The Labute approximate surface area is 238 Å². The Morgan fingerprint density at radius 1 is 1.00 bits per heavy atom. The third kappa shape index (κ3) is 5.64. The van der Waals surface area contributed by atoms with Gasteiger partial charge in [0, 0.05) is 26.6 Å². The standard InChI is InChI=1S/C31H36N4O6/c1-31(2,3)41-30(39)33-16-14-21(15-17-33)22-8-11-24-26(18-22)32(4)29(38)35(24)25-12-13-27(36)34(28(25)37)19-20-6-9-23(40-5)10-7-20/h6-11,14,18,25H,12-13,15-17,19H2,1-5H3. The summed E-state index contributed by atoms with van der Waals surface area (Å²) in [6.07, 6.45) is 2.77. The molecule has 41 heavy (non-hydrogen) atoms. The molecule has 10 heteroatoms. The van der Waals surface area contributed by atoms with Crippen molar-refractivity contribution in [2.45, 2.75) is 58.2 Å². The van der Waals surface area contributed by atoms with Crippen LogP contribution in [0.4, 0.5) is 4.79 Å². The lowest BCUT2D eigenvalue weighted by atomic mass is 9.98. The zero-order valence-corrected chi connectivity index (χ0v) is 24.2. The van der Waals surface area contributed by atoms with Crippen molar-refractivity contribution in [2.24, 2.45) is 7.05 Å². The first-order chi connectivity index (χ1) is 19.5. The molecule has 3 aromatic rings. The molecular weight excluding hydrogens is 524 g/mol. The minimum absolute atomic E-state index is 0.135. The molecule has 2 aliphatic heterocycles. The van der Waals surface area contributed by atoms with Crippen LogP contribution in [-0.2, 0) is 27.9 Å². The van der Waals surface area contributed by atoms with Crippen molar-refractivity contribution in [2.75, 3.05) is 20.2 Å². The minimum Gasteiger partial charge on any atom is -0.497 e. The van der Waals surface area contributed by atoms with Crippen LogP contribution in [0.5, 0.6) is 5.75 Å². The molecule has 5 rings (SSSR count). The number of imidazole rings is 1. The Hall–Kier alpha value is -4.34. The molecule has 3 heterocycles. The number of aromatic nitrogens is 2. The van der Waals surface area contributed by atoms with E-state index in [-0.39, 0.29) is 43.0 Å². The molecule has 2 aliphatic rings. The molecule has 0 radical (unpaired) electrons. The van der Waals surface area contributed by atoms with Crippen molar-refractivity contribution in [1.82, 2.24) is 18.9 Å². The zero-order chi connectivity index (χ0) is 29.5. The molecule has 0 spiro atoms. The number of likely N-dealkylation sites (tertiary alicyclic amines) is 1. The van der Waals surface area contributed by atoms with Crippen LogP contribution in [0.15, 0.2) is 53.3 Å². The van der Waals surface area contributed by atoms with Crippen molar-refractivity contribution < 1.29 is 23.9 Å². The number of amides is 3. The van der Waals surface area contributed by atoms with Gasteiger partial charge >= 0.3 is 11.8 Å². The lowest BCUT2D eigenvalue weighted by Crippen LogP contribution is -2.47. The van der Waals surface area contributed by atoms with E-state index in [1.807, 2.05) is 57.2 Å². The molecule has 2 aromatic carbocycles. The fraction of sp³-hybridized carbons (Fsp3) is 0.419. The van der Waals surface area contributed by atoms with E-state index in [9.17, 15) is 19.2 Å². The molecular formula is C31H36N4O6.